The van der Waals surface area contributed by atoms with Gasteiger partial charge >= 0.3 is 0 Å². The van der Waals surface area contributed by atoms with Crippen LogP contribution in [0.4, 0.5) is 10.1 Å². The topological polar surface area (TPSA) is 60.8 Å². The first-order chi connectivity index (χ1) is 12.7. The summed E-state index contributed by atoms with van der Waals surface area (Å²) in [4.78, 5) is 4.30. The van der Waals surface area contributed by atoms with Crippen LogP contribution in [-0.4, -0.2) is 12.1 Å². The van der Waals surface area contributed by atoms with Gasteiger partial charge in [0.05, 0.1) is 28.8 Å². The Morgan fingerprint density at radius 1 is 1.15 bits per heavy atom. The van der Waals surface area contributed by atoms with E-state index >= 15 is 0 Å². The molecule has 26 heavy (non-hydrogen) atoms. The van der Waals surface area contributed by atoms with E-state index in [1.165, 1.54) is 36.6 Å². The highest BCUT2D eigenvalue weighted by Crippen LogP contribution is 2.35. The standard InChI is InChI=1S/C20H14FN3OS/c1-25-18-8-13(10-22)16(21)9-17(18)24-26-19-11-23-20-14-5-3-2-4-12(14)6-7-15(19)20/h2-9,11,23-24H,1H3. The molecule has 0 saturated heterocycles. The zero-order valence-corrected chi connectivity index (χ0v) is 14.7. The van der Waals surface area contributed by atoms with Crippen LogP contribution in [0.3, 0.4) is 0 Å². The van der Waals surface area contributed by atoms with Gasteiger partial charge in [-0.05, 0) is 17.3 Å². The van der Waals surface area contributed by atoms with Crippen LogP contribution >= 0.6 is 11.9 Å². The predicted octanol–water partition coefficient (Wildman–Crippen LogP) is 5.46. The Balaban J connectivity index is 1.68. The van der Waals surface area contributed by atoms with Crippen molar-refractivity contribution >= 4 is 39.3 Å². The van der Waals surface area contributed by atoms with Crippen molar-refractivity contribution in [3.63, 3.8) is 0 Å². The zero-order valence-electron chi connectivity index (χ0n) is 13.8. The van der Waals surface area contributed by atoms with Crippen LogP contribution in [0.25, 0.3) is 21.7 Å². The molecule has 0 bridgehead atoms. The molecule has 0 aliphatic rings. The van der Waals surface area contributed by atoms with E-state index in [4.69, 9.17) is 10.00 Å². The molecular formula is C20H14FN3OS. The molecule has 3 aromatic carbocycles. The van der Waals surface area contributed by atoms with Gasteiger partial charge in [0.15, 0.2) is 0 Å². The van der Waals surface area contributed by atoms with Crippen LogP contribution in [0.5, 0.6) is 5.75 Å². The summed E-state index contributed by atoms with van der Waals surface area (Å²) in [7, 11) is 1.49. The fraction of sp³-hybridized carbons (Fsp3) is 0.0500. The highest BCUT2D eigenvalue weighted by molar-refractivity contribution is 8.00. The van der Waals surface area contributed by atoms with Gasteiger partial charge in [-0.25, -0.2) is 4.39 Å². The van der Waals surface area contributed by atoms with Crippen LogP contribution in [0.15, 0.2) is 59.6 Å². The molecule has 0 fully saturated rings. The largest absolute Gasteiger partial charge is 0.495 e. The molecule has 4 aromatic rings. The molecule has 4 rings (SSSR count). The Hall–Kier alpha value is -3.17. The van der Waals surface area contributed by atoms with Crippen LogP contribution in [0, 0.1) is 17.1 Å². The number of H-pyrrole nitrogens is 1. The summed E-state index contributed by atoms with van der Waals surface area (Å²) in [5, 5.41) is 12.3. The summed E-state index contributed by atoms with van der Waals surface area (Å²) < 4.78 is 22.3. The third kappa shape index (κ3) is 2.72. The normalized spacial score (nSPS) is 10.8. The smallest absolute Gasteiger partial charge is 0.144 e. The SMILES string of the molecule is COc1cc(C#N)c(F)cc1NSc1c[nH]c2c1ccc1ccccc12. The maximum atomic E-state index is 13.9. The number of nitrogens with zero attached hydrogens (tertiary/aromatic N) is 1. The number of methoxy groups -OCH3 is 1. The van der Waals surface area contributed by atoms with Gasteiger partial charge in [-0.3, -0.25) is 0 Å². The molecule has 0 amide bonds. The van der Waals surface area contributed by atoms with Gasteiger partial charge in [-0.1, -0.05) is 36.4 Å². The lowest BCUT2D eigenvalue weighted by atomic mass is 10.1. The van der Waals surface area contributed by atoms with Gasteiger partial charge in [0, 0.05) is 29.1 Å². The lowest BCUT2D eigenvalue weighted by molar-refractivity contribution is 0.416. The van der Waals surface area contributed by atoms with Gasteiger partial charge < -0.3 is 14.4 Å². The number of halogens is 1. The van der Waals surface area contributed by atoms with Crippen LogP contribution < -0.4 is 9.46 Å². The van der Waals surface area contributed by atoms with E-state index in [2.05, 4.69) is 34.0 Å². The Morgan fingerprint density at radius 3 is 2.81 bits per heavy atom. The molecule has 6 heteroatoms. The summed E-state index contributed by atoms with van der Waals surface area (Å²) in [5.41, 5.74) is 1.49. The van der Waals surface area contributed by atoms with Crippen molar-refractivity contribution in [2.75, 3.05) is 11.8 Å². The van der Waals surface area contributed by atoms with E-state index in [-0.39, 0.29) is 5.56 Å². The van der Waals surface area contributed by atoms with Crippen LogP contribution in [0.1, 0.15) is 5.56 Å². The number of fused-ring (bicyclic) bond motifs is 3. The van der Waals surface area contributed by atoms with E-state index in [0.717, 1.165) is 21.2 Å². The lowest BCUT2D eigenvalue weighted by Gasteiger charge is -2.11. The summed E-state index contributed by atoms with van der Waals surface area (Å²) in [6.07, 6.45) is 1.92. The second-order valence-electron chi connectivity index (χ2n) is 5.71. The second-order valence-corrected chi connectivity index (χ2v) is 6.56. The molecular weight excluding hydrogens is 349 g/mol. The molecule has 1 aromatic heterocycles. The Bertz CT molecular complexity index is 1160. The van der Waals surface area contributed by atoms with E-state index in [0.29, 0.717) is 11.4 Å². The number of aromatic amines is 1. The average Bonchev–Trinajstić information content (AvgIpc) is 3.10. The average molecular weight is 363 g/mol. The van der Waals surface area contributed by atoms with Crippen molar-refractivity contribution in [1.29, 1.82) is 5.26 Å². The van der Waals surface area contributed by atoms with Crippen molar-refractivity contribution in [1.82, 2.24) is 4.98 Å². The number of nitrogens with one attached hydrogen (secondary N) is 2. The summed E-state index contributed by atoms with van der Waals surface area (Å²) in [5.74, 6) is -0.165. The Labute approximate surface area is 153 Å². The minimum atomic E-state index is -0.582. The quantitative estimate of drug-likeness (QED) is 0.473. The van der Waals surface area contributed by atoms with E-state index in [9.17, 15) is 4.39 Å². The van der Waals surface area contributed by atoms with E-state index in [1.807, 2.05) is 24.4 Å². The van der Waals surface area contributed by atoms with Crippen LogP contribution in [-0.2, 0) is 0 Å². The molecule has 0 unspecified atom stereocenters. The highest BCUT2D eigenvalue weighted by atomic mass is 32.2. The number of hydrogen-bond acceptors (Lipinski definition) is 4. The van der Waals surface area contributed by atoms with Gasteiger partial charge in [-0.15, -0.1) is 0 Å². The molecule has 0 saturated carbocycles. The number of anilines is 1. The zero-order chi connectivity index (χ0) is 18.1. The first-order valence-electron chi connectivity index (χ1n) is 7.90. The van der Waals surface area contributed by atoms with Gasteiger partial charge in [-0.2, -0.15) is 5.26 Å². The number of nitriles is 1. The Morgan fingerprint density at radius 2 is 2.00 bits per heavy atom. The van der Waals surface area contributed by atoms with E-state index in [1.54, 1.807) is 0 Å². The van der Waals surface area contributed by atoms with Crippen molar-refractivity contribution in [3.8, 4) is 11.8 Å². The van der Waals surface area contributed by atoms with Gasteiger partial charge in [0.1, 0.15) is 17.6 Å². The summed E-state index contributed by atoms with van der Waals surface area (Å²) in [6, 6.07) is 16.8. The summed E-state index contributed by atoms with van der Waals surface area (Å²) in [6.45, 7) is 0. The minimum Gasteiger partial charge on any atom is -0.495 e. The second kappa shape index (κ2) is 6.62. The number of rotatable bonds is 4. The van der Waals surface area contributed by atoms with Gasteiger partial charge in [0.25, 0.3) is 0 Å². The lowest BCUT2D eigenvalue weighted by Crippen LogP contribution is -1.95. The minimum absolute atomic E-state index is 0.0454. The van der Waals surface area contributed by atoms with Crippen molar-refractivity contribution in [3.05, 3.63) is 66.1 Å². The molecule has 1 heterocycles. The van der Waals surface area contributed by atoms with Crippen molar-refractivity contribution in [2.45, 2.75) is 4.90 Å². The molecule has 0 atom stereocenters. The van der Waals surface area contributed by atoms with Crippen LogP contribution in [0.2, 0.25) is 0 Å². The molecule has 4 nitrogen and oxygen atoms in total. The highest BCUT2D eigenvalue weighted by Gasteiger charge is 2.12. The Kier molecular flexibility index (Phi) is 4.15. The predicted molar refractivity (Wildman–Crippen MR) is 103 cm³/mol. The molecule has 0 radical (unpaired) electrons. The first kappa shape index (κ1) is 16.3. The number of benzene rings is 3. The fourth-order valence-electron chi connectivity index (χ4n) is 2.93. The maximum Gasteiger partial charge on any atom is 0.144 e. The first-order valence-corrected chi connectivity index (χ1v) is 8.72. The molecule has 128 valence electrons. The molecule has 2 N–H and O–H groups in total. The third-order valence-corrected chi connectivity index (χ3v) is 5.10. The number of aromatic nitrogens is 1. The number of hydrogen-bond donors (Lipinski definition) is 2. The monoisotopic (exact) mass is 363 g/mol. The van der Waals surface area contributed by atoms with Gasteiger partial charge in [0.2, 0.25) is 0 Å². The molecule has 0 spiro atoms. The molecule has 0 aliphatic carbocycles. The number of ether oxygens (including phenoxy) is 1. The third-order valence-electron chi connectivity index (χ3n) is 4.22. The molecule has 0 aliphatic heterocycles. The van der Waals surface area contributed by atoms with E-state index < -0.39 is 5.82 Å². The fourth-order valence-corrected chi connectivity index (χ4v) is 3.71. The van der Waals surface area contributed by atoms with Crippen molar-refractivity contribution < 1.29 is 9.13 Å². The maximum absolute atomic E-state index is 13.9. The van der Waals surface area contributed by atoms with Crippen molar-refractivity contribution in [2.24, 2.45) is 0 Å². The summed E-state index contributed by atoms with van der Waals surface area (Å²) >= 11 is 1.36.